The Morgan fingerprint density at radius 2 is 1.94 bits per heavy atom. The molecule has 0 aromatic heterocycles. The fraction of sp³-hybridized carbons (Fsp3) is 0.900. The van der Waals surface area contributed by atoms with Crippen LogP contribution < -0.4 is 0 Å². The summed E-state index contributed by atoms with van der Waals surface area (Å²) in [6.45, 7) is 0.159. The zero-order valence-electron chi connectivity index (χ0n) is 9.39. The molecule has 0 saturated heterocycles. The minimum atomic E-state index is -2.48. The maximum absolute atomic E-state index is 11.7. The second-order valence-corrected chi connectivity index (χ2v) is 5.58. The standard InChI is InChI=1S/C10H20NO4P/c12-10(9-5-2-1-3-6-9)11(13)7-4-8-16(14)15/h9,13,16H,1-8H2,(H,14,15). The number of rotatable bonds is 5. The Balaban J connectivity index is 2.26. The van der Waals surface area contributed by atoms with Crippen molar-refractivity contribution in [2.75, 3.05) is 12.7 Å². The van der Waals surface area contributed by atoms with Gasteiger partial charge < -0.3 is 4.89 Å². The van der Waals surface area contributed by atoms with Crippen LogP contribution in [0.15, 0.2) is 0 Å². The molecule has 5 nitrogen and oxygen atoms in total. The Morgan fingerprint density at radius 1 is 1.31 bits per heavy atom. The van der Waals surface area contributed by atoms with Gasteiger partial charge in [0.25, 0.3) is 0 Å². The number of amides is 1. The summed E-state index contributed by atoms with van der Waals surface area (Å²) in [6.07, 6.45) is 5.52. The maximum atomic E-state index is 11.7. The predicted octanol–water partition coefficient (Wildman–Crippen LogP) is 1.64. The summed E-state index contributed by atoms with van der Waals surface area (Å²) in [5.41, 5.74) is 0. The van der Waals surface area contributed by atoms with E-state index in [1.807, 2.05) is 0 Å². The highest BCUT2D eigenvalue weighted by molar-refractivity contribution is 7.37. The summed E-state index contributed by atoms with van der Waals surface area (Å²) >= 11 is 0. The van der Waals surface area contributed by atoms with Gasteiger partial charge in [0.15, 0.2) is 8.03 Å². The number of hydrogen-bond donors (Lipinski definition) is 2. The van der Waals surface area contributed by atoms with Crippen molar-refractivity contribution >= 4 is 13.9 Å². The zero-order chi connectivity index (χ0) is 12.0. The van der Waals surface area contributed by atoms with Crippen LogP contribution in [-0.2, 0) is 9.36 Å². The summed E-state index contributed by atoms with van der Waals surface area (Å²) in [4.78, 5) is 20.3. The van der Waals surface area contributed by atoms with Gasteiger partial charge in [-0.15, -0.1) is 0 Å². The molecule has 0 heterocycles. The van der Waals surface area contributed by atoms with Crippen molar-refractivity contribution in [3.63, 3.8) is 0 Å². The summed E-state index contributed by atoms with van der Waals surface area (Å²) in [7, 11) is -2.48. The smallest absolute Gasteiger partial charge is 0.249 e. The first-order valence-electron chi connectivity index (χ1n) is 5.83. The quantitative estimate of drug-likeness (QED) is 0.441. The van der Waals surface area contributed by atoms with E-state index in [1.54, 1.807) is 0 Å². The van der Waals surface area contributed by atoms with Crippen molar-refractivity contribution in [3.05, 3.63) is 0 Å². The molecule has 1 aliphatic rings. The fourth-order valence-electron chi connectivity index (χ4n) is 2.05. The molecule has 1 rings (SSSR count). The summed E-state index contributed by atoms with van der Waals surface area (Å²) in [5, 5.41) is 10.2. The number of nitrogens with zero attached hydrogens (tertiary/aromatic N) is 1. The Morgan fingerprint density at radius 3 is 2.50 bits per heavy atom. The van der Waals surface area contributed by atoms with E-state index in [4.69, 9.17) is 4.89 Å². The van der Waals surface area contributed by atoms with E-state index < -0.39 is 8.03 Å². The molecule has 0 aliphatic heterocycles. The minimum absolute atomic E-state index is 0.0510. The molecule has 0 aromatic rings. The molecule has 0 spiro atoms. The molecule has 1 saturated carbocycles. The number of hydrogen-bond acceptors (Lipinski definition) is 3. The Labute approximate surface area is 96.3 Å². The second kappa shape index (κ2) is 7.05. The lowest BCUT2D eigenvalue weighted by Gasteiger charge is -2.24. The van der Waals surface area contributed by atoms with Gasteiger partial charge in [-0.1, -0.05) is 19.3 Å². The monoisotopic (exact) mass is 249 g/mol. The van der Waals surface area contributed by atoms with Crippen LogP contribution in [0.5, 0.6) is 0 Å². The third-order valence-electron chi connectivity index (χ3n) is 2.97. The van der Waals surface area contributed by atoms with E-state index in [0.717, 1.165) is 30.7 Å². The summed E-state index contributed by atoms with van der Waals surface area (Å²) in [5.74, 6) is -0.276. The van der Waals surface area contributed by atoms with Crippen molar-refractivity contribution < 1.29 is 19.5 Å². The van der Waals surface area contributed by atoms with Crippen LogP contribution in [0.25, 0.3) is 0 Å². The number of carbonyl (C=O) groups is 1. The van der Waals surface area contributed by atoms with E-state index in [-0.39, 0.29) is 24.5 Å². The van der Waals surface area contributed by atoms with Gasteiger partial charge in [0.2, 0.25) is 5.91 Å². The molecular formula is C10H20NO4P. The van der Waals surface area contributed by atoms with Crippen LogP contribution in [0.1, 0.15) is 38.5 Å². The highest BCUT2D eigenvalue weighted by atomic mass is 31.1. The molecule has 1 fully saturated rings. The lowest BCUT2D eigenvalue weighted by Crippen LogP contribution is -2.35. The molecule has 94 valence electrons. The molecule has 1 atom stereocenters. The van der Waals surface area contributed by atoms with E-state index in [2.05, 4.69) is 0 Å². The molecule has 16 heavy (non-hydrogen) atoms. The molecule has 1 amide bonds. The van der Waals surface area contributed by atoms with Crippen molar-refractivity contribution in [2.45, 2.75) is 38.5 Å². The second-order valence-electron chi connectivity index (χ2n) is 4.29. The van der Waals surface area contributed by atoms with E-state index >= 15 is 0 Å². The SMILES string of the molecule is O=C(C1CCCCC1)N(O)CCC[PH](=O)O. The van der Waals surface area contributed by atoms with Gasteiger partial charge in [0.1, 0.15) is 0 Å². The van der Waals surface area contributed by atoms with Crippen LogP contribution in [0.3, 0.4) is 0 Å². The molecule has 0 aromatic carbocycles. The highest BCUT2D eigenvalue weighted by Gasteiger charge is 2.24. The number of carbonyl (C=O) groups excluding carboxylic acids is 1. The first-order valence-corrected chi connectivity index (χ1v) is 7.39. The van der Waals surface area contributed by atoms with Gasteiger partial charge in [-0.05, 0) is 19.3 Å². The average Bonchev–Trinajstić information content (AvgIpc) is 2.28. The van der Waals surface area contributed by atoms with E-state index in [1.165, 1.54) is 6.42 Å². The molecular weight excluding hydrogens is 229 g/mol. The fourth-order valence-corrected chi connectivity index (χ4v) is 2.51. The average molecular weight is 249 g/mol. The van der Waals surface area contributed by atoms with Crippen LogP contribution >= 0.6 is 8.03 Å². The maximum Gasteiger partial charge on any atom is 0.249 e. The van der Waals surface area contributed by atoms with Crippen molar-refractivity contribution in [2.24, 2.45) is 5.92 Å². The van der Waals surface area contributed by atoms with Crippen LogP contribution in [0.2, 0.25) is 0 Å². The normalized spacial score (nSPS) is 19.4. The molecule has 1 aliphatic carbocycles. The lowest BCUT2D eigenvalue weighted by molar-refractivity contribution is -0.171. The predicted molar refractivity (Wildman–Crippen MR) is 60.8 cm³/mol. The Kier molecular flexibility index (Phi) is 6.03. The lowest BCUT2D eigenvalue weighted by atomic mass is 9.88. The van der Waals surface area contributed by atoms with Crippen LogP contribution in [0, 0.1) is 5.92 Å². The molecule has 0 radical (unpaired) electrons. The molecule has 1 unspecified atom stereocenters. The first-order chi connectivity index (χ1) is 7.61. The third-order valence-corrected chi connectivity index (χ3v) is 3.75. The molecule has 2 N–H and O–H groups in total. The van der Waals surface area contributed by atoms with Gasteiger partial charge in [-0.2, -0.15) is 0 Å². The zero-order valence-corrected chi connectivity index (χ0v) is 10.4. The van der Waals surface area contributed by atoms with Crippen LogP contribution in [-0.4, -0.2) is 33.8 Å². The first kappa shape index (κ1) is 13.7. The molecule has 0 bridgehead atoms. The third kappa shape index (κ3) is 4.64. The van der Waals surface area contributed by atoms with Gasteiger partial charge in [-0.25, -0.2) is 5.06 Å². The summed E-state index contributed by atoms with van der Waals surface area (Å²) < 4.78 is 10.5. The van der Waals surface area contributed by atoms with Crippen molar-refractivity contribution in [3.8, 4) is 0 Å². The molecule has 6 heteroatoms. The van der Waals surface area contributed by atoms with Gasteiger partial charge >= 0.3 is 0 Å². The Hall–Kier alpha value is -0.380. The van der Waals surface area contributed by atoms with Crippen molar-refractivity contribution in [1.82, 2.24) is 5.06 Å². The van der Waals surface area contributed by atoms with Gasteiger partial charge in [-0.3, -0.25) is 14.6 Å². The van der Waals surface area contributed by atoms with Gasteiger partial charge in [0.05, 0.1) is 0 Å². The van der Waals surface area contributed by atoms with Crippen LogP contribution in [0.4, 0.5) is 0 Å². The minimum Gasteiger partial charge on any atom is -0.346 e. The largest absolute Gasteiger partial charge is 0.346 e. The van der Waals surface area contributed by atoms with E-state index in [0.29, 0.717) is 6.42 Å². The van der Waals surface area contributed by atoms with E-state index in [9.17, 15) is 14.6 Å². The highest BCUT2D eigenvalue weighted by Crippen LogP contribution is 2.25. The Bertz CT molecular complexity index is 253. The summed E-state index contributed by atoms with van der Waals surface area (Å²) in [6, 6.07) is 0. The topological polar surface area (TPSA) is 77.8 Å². The van der Waals surface area contributed by atoms with Gasteiger partial charge in [0, 0.05) is 18.6 Å². The number of hydroxylamine groups is 2. The van der Waals surface area contributed by atoms with Crippen molar-refractivity contribution in [1.29, 1.82) is 0 Å².